The molecule has 3 rings (SSSR count). The van der Waals surface area contributed by atoms with Gasteiger partial charge in [-0.3, -0.25) is 4.98 Å². The highest BCUT2D eigenvalue weighted by atomic mass is 127. The predicted molar refractivity (Wildman–Crippen MR) is 75.9 cm³/mol. The highest BCUT2D eigenvalue weighted by Crippen LogP contribution is 2.41. The topological polar surface area (TPSA) is 24.9 Å². The second-order valence-corrected chi connectivity index (χ2v) is 5.56. The first-order valence-electron chi connectivity index (χ1n) is 5.66. The Labute approximate surface area is 113 Å². The van der Waals surface area contributed by atoms with Crippen LogP contribution in [0.4, 0.5) is 10.1 Å². The lowest BCUT2D eigenvalue weighted by Gasteiger charge is -2.10. The van der Waals surface area contributed by atoms with Crippen LogP contribution >= 0.6 is 22.6 Å². The predicted octanol–water partition coefficient (Wildman–Crippen LogP) is 3.90. The molecule has 0 aliphatic heterocycles. The lowest BCUT2D eigenvalue weighted by Crippen LogP contribution is -1.97. The lowest BCUT2D eigenvalue weighted by molar-refractivity contribution is 0.628. The first-order chi connectivity index (χ1) is 8.19. The van der Waals surface area contributed by atoms with E-state index in [1.54, 1.807) is 6.07 Å². The van der Waals surface area contributed by atoms with E-state index in [0.717, 1.165) is 25.9 Å². The monoisotopic (exact) mass is 342 g/mol. The lowest BCUT2D eigenvalue weighted by atomic mass is 10.1. The molecule has 0 amide bonds. The van der Waals surface area contributed by atoms with Crippen molar-refractivity contribution in [3.05, 3.63) is 33.3 Å². The van der Waals surface area contributed by atoms with Gasteiger partial charge in [-0.05, 0) is 53.6 Å². The van der Waals surface area contributed by atoms with E-state index in [1.807, 2.05) is 7.05 Å². The minimum atomic E-state index is -0.209. The Morgan fingerprint density at radius 2 is 2.12 bits per heavy atom. The fourth-order valence-electron chi connectivity index (χ4n) is 2.07. The summed E-state index contributed by atoms with van der Waals surface area (Å²) >= 11 is 2.15. The molecule has 2 nitrogen and oxygen atoms in total. The molecule has 1 saturated carbocycles. The van der Waals surface area contributed by atoms with Gasteiger partial charge in [-0.2, -0.15) is 0 Å². The van der Waals surface area contributed by atoms with E-state index in [4.69, 9.17) is 0 Å². The van der Waals surface area contributed by atoms with E-state index in [0.29, 0.717) is 5.92 Å². The van der Waals surface area contributed by atoms with Gasteiger partial charge in [0.15, 0.2) is 0 Å². The smallest absolute Gasteiger partial charge is 0.125 e. The van der Waals surface area contributed by atoms with Crippen molar-refractivity contribution in [1.29, 1.82) is 0 Å². The number of nitrogens with zero attached hydrogens (tertiary/aromatic N) is 1. The Bertz CT molecular complexity index is 593. The SMILES string of the molecule is CNc1cc(C2CC2)nc2c(I)cc(F)cc12. The molecule has 1 aliphatic carbocycles. The summed E-state index contributed by atoms with van der Waals surface area (Å²) in [7, 11) is 1.86. The summed E-state index contributed by atoms with van der Waals surface area (Å²) in [6.45, 7) is 0. The van der Waals surface area contributed by atoms with Crippen LogP contribution in [0.5, 0.6) is 0 Å². The van der Waals surface area contributed by atoms with Crippen molar-refractivity contribution in [2.45, 2.75) is 18.8 Å². The second kappa shape index (κ2) is 4.08. The van der Waals surface area contributed by atoms with E-state index in [1.165, 1.54) is 18.9 Å². The first kappa shape index (κ1) is 11.2. The van der Waals surface area contributed by atoms with Crippen LogP contribution in [0.1, 0.15) is 24.5 Å². The number of aromatic nitrogens is 1. The maximum absolute atomic E-state index is 13.4. The third-order valence-corrected chi connectivity index (χ3v) is 3.94. The first-order valence-corrected chi connectivity index (χ1v) is 6.74. The summed E-state index contributed by atoms with van der Waals surface area (Å²) in [5.41, 5.74) is 3.00. The number of nitrogens with one attached hydrogen (secondary N) is 1. The van der Waals surface area contributed by atoms with Crippen LogP contribution in [0.3, 0.4) is 0 Å². The highest BCUT2D eigenvalue weighted by molar-refractivity contribution is 14.1. The van der Waals surface area contributed by atoms with Crippen LogP contribution in [-0.2, 0) is 0 Å². The summed E-state index contributed by atoms with van der Waals surface area (Å²) in [6, 6.07) is 5.13. The van der Waals surface area contributed by atoms with Gasteiger partial charge in [0.2, 0.25) is 0 Å². The Hall–Kier alpha value is -0.910. The Morgan fingerprint density at radius 3 is 2.76 bits per heavy atom. The van der Waals surface area contributed by atoms with Crippen molar-refractivity contribution in [3.8, 4) is 0 Å². The van der Waals surface area contributed by atoms with Gasteiger partial charge >= 0.3 is 0 Å². The fraction of sp³-hybridized carbons (Fsp3) is 0.308. The maximum Gasteiger partial charge on any atom is 0.125 e. The molecule has 2 aromatic rings. The molecule has 0 atom stereocenters. The molecule has 0 unspecified atom stereocenters. The number of hydrogen-bond donors (Lipinski definition) is 1. The van der Waals surface area contributed by atoms with Crippen LogP contribution in [-0.4, -0.2) is 12.0 Å². The van der Waals surface area contributed by atoms with Crippen LogP contribution in [0.2, 0.25) is 0 Å². The third-order valence-electron chi connectivity index (χ3n) is 3.12. The number of pyridine rings is 1. The molecule has 0 bridgehead atoms. The Morgan fingerprint density at radius 1 is 1.35 bits per heavy atom. The van der Waals surface area contributed by atoms with Gasteiger partial charge in [0.1, 0.15) is 5.82 Å². The summed E-state index contributed by atoms with van der Waals surface area (Å²) in [5.74, 6) is 0.395. The summed E-state index contributed by atoms with van der Waals surface area (Å²) in [4.78, 5) is 4.67. The van der Waals surface area contributed by atoms with Crippen LogP contribution in [0, 0.1) is 9.39 Å². The van der Waals surface area contributed by atoms with Gasteiger partial charge < -0.3 is 5.32 Å². The van der Waals surface area contributed by atoms with Crippen LogP contribution < -0.4 is 5.32 Å². The molecule has 1 aliphatic rings. The Balaban J connectivity index is 2.31. The number of rotatable bonds is 2. The molecule has 0 radical (unpaired) electrons. The molecule has 0 saturated heterocycles. The zero-order valence-corrected chi connectivity index (χ0v) is 11.6. The number of benzene rings is 1. The molecule has 0 spiro atoms. The Kier molecular flexibility index (Phi) is 2.69. The van der Waals surface area contributed by atoms with E-state index in [-0.39, 0.29) is 5.82 Å². The summed E-state index contributed by atoms with van der Waals surface area (Å²) < 4.78 is 14.3. The standard InChI is InChI=1S/C13H12FIN2/c1-16-12-6-11(7-2-3-7)17-13-9(12)4-8(14)5-10(13)15/h4-7H,2-3H2,1H3,(H,16,17). The van der Waals surface area contributed by atoms with E-state index >= 15 is 0 Å². The zero-order valence-electron chi connectivity index (χ0n) is 9.43. The van der Waals surface area contributed by atoms with Crippen LogP contribution in [0.25, 0.3) is 10.9 Å². The normalized spacial score (nSPS) is 15.2. The van der Waals surface area contributed by atoms with Crippen molar-refractivity contribution >= 4 is 39.2 Å². The molecular weight excluding hydrogens is 330 g/mol. The van der Waals surface area contributed by atoms with Gasteiger partial charge in [0.25, 0.3) is 0 Å². The average Bonchev–Trinajstić information content (AvgIpc) is 3.11. The molecule has 1 aromatic heterocycles. The average molecular weight is 342 g/mol. The summed E-state index contributed by atoms with van der Waals surface area (Å²) in [6.07, 6.45) is 2.44. The zero-order chi connectivity index (χ0) is 12.0. The fourth-order valence-corrected chi connectivity index (χ4v) is 2.78. The molecule has 1 N–H and O–H groups in total. The van der Waals surface area contributed by atoms with E-state index in [9.17, 15) is 4.39 Å². The van der Waals surface area contributed by atoms with E-state index < -0.39 is 0 Å². The van der Waals surface area contributed by atoms with Crippen LogP contribution in [0.15, 0.2) is 18.2 Å². The molecule has 1 fully saturated rings. The quantitative estimate of drug-likeness (QED) is 0.838. The minimum Gasteiger partial charge on any atom is -0.388 e. The molecule has 17 heavy (non-hydrogen) atoms. The second-order valence-electron chi connectivity index (χ2n) is 4.40. The largest absolute Gasteiger partial charge is 0.388 e. The van der Waals surface area contributed by atoms with Gasteiger partial charge in [0.05, 0.1) is 5.52 Å². The number of halogens is 2. The summed E-state index contributed by atoms with van der Waals surface area (Å²) in [5, 5.41) is 4.00. The molecular formula is C13H12FIN2. The molecule has 4 heteroatoms. The van der Waals surface area contributed by atoms with Gasteiger partial charge in [0, 0.05) is 33.3 Å². The number of hydrogen-bond acceptors (Lipinski definition) is 2. The van der Waals surface area contributed by atoms with Crippen molar-refractivity contribution in [3.63, 3.8) is 0 Å². The van der Waals surface area contributed by atoms with Crippen molar-refractivity contribution < 1.29 is 4.39 Å². The third kappa shape index (κ3) is 1.99. The van der Waals surface area contributed by atoms with E-state index in [2.05, 4.69) is 39.0 Å². The molecule has 88 valence electrons. The molecule has 1 aromatic carbocycles. The number of anilines is 1. The van der Waals surface area contributed by atoms with Gasteiger partial charge in [-0.25, -0.2) is 4.39 Å². The maximum atomic E-state index is 13.4. The van der Waals surface area contributed by atoms with Gasteiger partial charge in [-0.15, -0.1) is 0 Å². The number of fused-ring (bicyclic) bond motifs is 1. The minimum absolute atomic E-state index is 0.209. The van der Waals surface area contributed by atoms with Crippen molar-refractivity contribution in [2.75, 3.05) is 12.4 Å². The highest BCUT2D eigenvalue weighted by Gasteiger charge is 2.26. The van der Waals surface area contributed by atoms with Crippen molar-refractivity contribution in [1.82, 2.24) is 4.98 Å². The van der Waals surface area contributed by atoms with Crippen molar-refractivity contribution in [2.24, 2.45) is 0 Å². The van der Waals surface area contributed by atoms with Gasteiger partial charge in [-0.1, -0.05) is 0 Å². The molecule has 1 heterocycles.